The Hall–Kier alpha value is -0.678. The van der Waals surface area contributed by atoms with Crippen molar-refractivity contribution >= 4 is 10.8 Å². The largest absolute Gasteiger partial charge is 0.367 e. The zero-order chi connectivity index (χ0) is 16.0. The molecule has 0 aliphatic heterocycles. The molecule has 0 atom stereocenters. The summed E-state index contributed by atoms with van der Waals surface area (Å²) in [5, 5.41) is 2.60. The minimum Gasteiger partial charge on any atom is -0.367 e. The molecule has 0 saturated heterocycles. The third-order valence-corrected chi connectivity index (χ3v) is 3.63. The molecule has 0 unspecified atom stereocenters. The van der Waals surface area contributed by atoms with Crippen LogP contribution in [0, 0.1) is 24.3 Å². The van der Waals surface area contributed by atoms with E-state index in [9.17, 15) is 0 Å². The summed E-state index contributed by atoms with van der Waals surface area (Å²) in [5.74, 6) is 1.38. The molecular formula is C20H28NPd-3. The molecule has 0 aliphatic rings. The van der Waals surface area contributed by atoms with Gasteiger partial charge in [0.15, 0.2) is 0 Å². The summed E-state index contributed by atoms with van der Waals surface area (Å²) in [6, 6.07) is 15.9. The van der Waals surface area contributed by atoms with Crippen LogP contribution in [-0.2, 0) is 27.0 Å². The van der Waals surface area contributed by atoms with Gasteiger partial charge in [-0.05, 0) is 14.1 Å². The quantitative estimate of drug-likeness (QED) is 0.518. The van der Waals surface area contributed by atoms with Gasteiger partial charge in [-0.2, -0.15) is 32.0 Å². The van der Waals surface area contributed by atoms with E-state index in [4.69, 9.17) is 0 Å². The molecule has 0 saturated carbocycles. The first-order chi connectivity index (χ1) is 9.71. The number of nitrogens with zero attached hydrogens (tertiary/aromatic N) is 1. The van der Waals surface area contributed by atoms with Gasteiger partial charge in [-0.15, -0.1) is 36.2 Å². The summed E-state index contributed by atoms with van der Waals surface area (Å²) in [7, 11) is 4.16. The summed E-state index contributed by atoms with van der Waals surface area (Å²) in [4.78, 5) is 2.16. The molecule has 0 bridgehead atoms. The first-order valence-corrected chi connectivity index (χ1v) is 7.41. The summed E-state index contributed by atoms with van der Waals surface area (Å²) in [6.45, 7) is 13.3. The van der Waals surface area contributed by atoms with Crippen molar-refractivity contribution in [2.45, 2.75) is 34.2 Å². The first-order valence-electron chi connectivity index (χ1n) is 7.41. The van der Waals surface area contributed by atoms with E-state index < -0.39 is 0 Å². The molecule has 0 aliphatic carbocycles. The summed E-state index contributed by atoms with van der Waals surface area (Å²) in [6.07, 6.45) is 0. The molecule has 22 heavy (non-hydrogen) atoms. The van der Waals surface area contributed by atoms with Gasteiger partial charge in [0.2, 0.25) is 0 Å². The molecule has 0 amide bonds. The molecule has 0 radical (unpaired) electrons. The molecule has 126 valence electrons. The average molecular weight is 389 g/mol. The Bertz CT molecular complexity index is 548. The number of benzene rings is 2. The number of rotatable bonds is 3. The minimum absolute atomic E-state index is 0. The predicted octanol–water partition coefficient (Wildman–Crippen LogP) is 5.16. The zero-order valence-electron chi connectivity index (χ0n) is 14.6. The van der Waals surface area contributed by atoms with Crippen LogP contribution in [-0.4, -0.2) is 19.0 Å². The maximum absolute atomic E-state index is 3.93. The van der Waals surface area contributed by atoms with Crippen molar-refractivity contribution in [1.82, 2.24) is 4.90 Å². The molecule has 0 aromatic heterocycles. The van der Waals surface area contributed by atoms with Gasteiger partial charge in [-0.3, -0.25) is 5.41 Å². The maximum atomic E-state index is 3.93. The van der Waals surface area contributed by atoms with E-state index in [0.29, 0.717) is 0 Å². The van der Waals surface area contributed by atoms with Gasteiger partial charge in [0, 0.05) is 27.0 Å². The van der Waals surface area contributed by atoms with Gasteiger partial charge in [-0.1, -0.05) is 18.2 Å². The standard InChI is InChI=1S/C13H14N.C7H14.Pd/c1-14(2)10-12-8-5-7-11-6-3-4-9-13(11)12;1-6(2)7(3,4)5;/h3-7,9H,10H2,1-2H3;3H2,1-2,4-5H3;/q-1;-2;. The summed E-state index contributed by atoms with van der Waals surface area (Å²) in [5.41, 5.74) is 1.44. The summed E-state index contributed by atoms with van der Waals surface area (Å²) < 4.78 is 0. The van der Waals surface area contributed by atoms with Crippen LogP contribution >= 0.6 is 0 Å². The Balaban J connectivity index is 0.000000478. The van der Waals surface area contributed by atoms with E-state index in [1.807, 2.05) is 6.07 Å². The van der Waals surface area contributed by atoms with Crippen LogP contribution < -0.4 is 0 Å². The van der Waals surface area contributed by atoms with Crippen LogP contribution in [0.1, 0.15) is 33.3 Å². The van der Waals surface area contributed by atoms with Crippen molar-refractivity contribution < 1.29 is 20.4 Å². The fourth-order valence-electron chi connectivity index (χ4n) is 1.67. The van der Waals surface area contributed by atoms with Crippen molar-refractivity contribution in [2.75, 3.05) is 14.1 Å². The number of hydrogen-bond donors (Lipinski definition) is 0. The Morgan fingerprint density at radius 1 is 1.14 bits per heavy atom. The second-order valence-corrected chi connectivity index (χ2v) is 6.67. The normalized spacial score (nSPS) is 11.1. The molecule has 0 fully saturated rings. The molecule has 2 rings (SSSR count). The fraction of sp³-hybridized carbons (Fsp3) is 0.400. The smallest absolute Gasteiger partial charge is 0.000680 e. The third-order valence-electron chi connectivity index (χ3n) is 3.63. The minimum atomic E-state index is 0. The van der Waals surface area contributed by atoms with E-state index >= 15 is 0 Å². The van der Waals surface area contributed by atoms with Crippen LogP contribution in [0.5, 0.6) is 0 Å². The molecule has 2 aromatic rings. The molecule has 0 spiro atoms. The van der Waals surface area contributed by atoms with E-state index in [1.165, 1.54) is 22.3 Å². The van der Waals surface area contributed by atoms with Crippen LogP contribution in [0.3, 0.4) is 0 Å². The van der Waals surface area contributed by atoms with Gasteiger partial charge in [0.1, 0.15) is 0 Å². The van der Waals surface area contributed by atoms with E-state index in [-0.39, 0.29) is 25.8 Å². The maximum Gasteiger partial charge on any atom is 0.000680 e. The van der Waals surface area contributed by atoms with Crippen molar-refractivity contribution in [3.05, 3.63) is 60.9 Å². The van der Waals surface area contributed by atoms with Crippen LogP contribution in [0.2, 0.25) is 0 Å². The van der Waals surface area contributed by atoms with Crippen molar-refractivity contribution in [1.29, 1.82) is 0 Å². The fourth-order valence-corrected chi connectivity index (χ4v) is 1.67. The van der Waals surface area contributed by atoms with Crippen LogP contribution in [0.25, 0.3) is 10.8 Å². The zero-order valence-corrected chi connectivity index (χ0v) is 16.2. The van der Waals surface area contributed by atoms with Gasteiger partial charge in [0.25, 0.3) is 0 Å². The Morgan fingerprint density at radius 2 is 1.68 bits per heavy atom. The Labute approximate surface area is 150 Å². The second kappa shape index (κ2) is 9.46. The average Bonchev–Trinajstić information content (AvgIpc) is 2.38. The van der Waals surface area contributed by atoms with E-state index in [1.54, 1.807) is 0 Å². The van der Waals surface area contributed by atoms with Crippen LogP contribution in [0.4, 0.5) is 0 Å². The van der Waals surface area contributed by atoms with Gasteiger partial charge in [0.05, 0.1) is 0 Å². The van der Waals surface area contributed by atoms with Crippen molar-refractivity contribution in [2.24, 2.45) is 5.41 Å². The number of fused-ring (bicyclic) bond motifs is 1. The molecule has 2 aromatic carbocycles. The third kappa shape index (κ3) is 7.05. The molecule has 0 heterocycles. The monoisotopic (exact) mass is 388 g/mol. The summed E-state index contributed by atoms with van der Waals surface area (Å²) >= 11 is 0. The SMILES string of the molecule is CN(C)Cc1[c-]ccc2ccccc12.[CH2-]C(C)(C)[C-](C)C.[Pd]. The van der Waals surface area contributed by atoms with Gasteiger partial charge < -0.3 is 17.7 Å². The Morgan fingerprint density at radius 3 is 2.18 bits per heavy atom. The van der Waals surface area contributed by atoms with E-state index in [0.717, 1.165) is 6.54 Å². The molecule has 2 heteroatoms. The Kier molecular flexibility index (Phi) is 9.17. The molecule has 1 nitrogen and oxygen atoms in total. The van der Waals surface area contributed by atoms with Crippen LogP contribution in [0.15, 0.2) is 36.4 Å². The topological polar surface area (TPSA) is 3.24 Å². The first kappa shape index (κ1) is 21.3. The number of hydrogen-bond acceptors (Lipinski definition) is 1. The van der Waals surface area contributed by atoms with Crippen molar-refractivity contribution in [3.63, 3.8) is 0 Å². The second-order valence-electron chi connectivity index (χ2n) is 6.67. The van der Waals surface area contributed by atoms with Crippen molar-refractivity contribution in [3.8, 4) is 0 Å². The van der Waals surface area contributed by atoms with E-state index in [2.05, 4.69) is 90.0 Å². The van der Waals surface area contributed by atoms with Gasteiger partial charge in [-0.25, -0.2) is 0 Å². The molecule has 0 N–H and O–H groups in total. The predicted molar refractivity (Wildman–Crippen MR) is 93.9 cm³/mol. The molecular weight excluding hydrogens is 361 g/mol. The van der Waals surface area contributed by atoms with Gasteiger partial charge >= 0.3 is 0 Å².